The van der Waals surface area contributed by atoms with E-state index in [1.165, 1.54) is 8.66 Å². The number of hydrogen-bond donors (Lipinski definition) is 1. The standard InChI is InChI=1S/C12H18BrN3OS/c1-14-8-12(17)16-6-4-15(5-7-16)9-10-2-3-11(13)18-10/h2-3,14H,4-9H2,1H3. The second-order valence-electron chi connectivity index (χ2n) is 4.39. The Hall–Kier alpha value is -0.430. The van der Waals surface area contributed by atoms with Gasteiger partial charge in [0.1, 0.15) is 0 Å². The normalized spacial score (nSPS) is 17.1. The predicted molar refractivity (Wildman–Crippen MR) is 77.8 cm³/mol. The number of hydrogen-bond acceptors (Lipinski definition) is 4. The molecule has 1 amide bonds. The molecule has 100 valence electrons. The maximum absolute atomic E-state index is 11.7. The molecule has 0 unspecified atom stereocenters. The fraction of sp³-hybridized carbons (Fsp3) is 0.583. The van der Waals surface area contributed by atoms with E-state index in [0.29, 0.717) is 6.54 Å². The molecule has 18 heavy (non-hydrogen) atoms. The zero-order chi connectivity index (χ0) is 13.0. The summed E-state index contributed by atoms with van der Waals surface area (Å²) in [5.41, 5.74) is 0. The van der Waals surface area contributed by atoms with Crippen molar-refractivity contribution in [3.05, 3.63) is 20.8 Å². The van der Waals surface area contributed by atoms with Crippen molar-refractivity contribution in [1.82, 2.24) is 15.1 Å². The minimum atomic E-state index is 0.205. The summed E-state index contributed by atoms with van der Waals surface area (Å²) in [6.07, 6.45) is 0. The first-order valence-electron chi connectivity index (χ1n) is 6.08. The van der Waals surface area contributed by atoms with Crippen LogP contribution in [0.25, 0.3) is 0 Å². The summed E-state index contributed by atoms with van der Waals surface area (Å²) in [6.45, 7) is 5.04. The third-order valence-electron chi connectivity index (χ3n) is 3.06. The number of nitrogens with zero attached hydrogens (tertiary/aromatic N) is 2. The summed E-state index contributed by atoms with van der Waals surface area (Å²) in [4.78, 5) is 17.4. The van der Waals surface area contributed by atoms with E-state index in [4.69, 9.17) is 0 Å². The molecule has 1 fully saturated rings. The van der Waals surface area contributed by atoms with Crippen molar-refractivity contribution in [2.24, 2.45) is 0 Å². The molecule has 2 heterocycles. The van der Waals surface area contributed by atoms with Gasteiger partial charge in [-0.15, -0.1) is 11.3 Å². The van der Waals surface area contributed by atoms with Crippen LogP contribution >= 0.6 is 27.3 Å². The summed E-state index contributed by atoms with van der Waals surface area (Å²) in [6, 6.07) is 4.25. The first-order chi connectivity index (χ1) is 8.69. The maximum atomic E-state index is 11.7. The van der Waals surface area contributed by atoms with Gasteiger partial charge in [-0.3, -0.25) is 9.69 Å². The molecule has 2 rings (SSSR count). The molecule has 0 saturated carbocycles. The van der Waals surface area contributed by atoms with Crippen LogP contribution in [-0.4, -0.2) is 55.5 Å². The highest BCUT2D eigenvalue weighted by atomic mass is 79.9. The van der Waals surface area contributed by atoms with Crippen molar-refractivity contribution in [3.63, 3.8) is 0 Å². The molecular weight excluding hydrogens is 314 g/mol. The largest absolute Gasteiger partial charge is 0.339 e. The summed E-state index contributed by atoms with van der Waals surface area (Å²) in [7, 11) is 1.81. The second-order valence-corrected chi connectivity index (χ2v) is 6.94. The van der Waals surface area contributed by atoms with Crippen LogP contribution in [0.1, 0.15) is 4.88 Å². The molecule has 1 N–H and O–H groups in total. The number of thiophene rings is 1. The van der Waals surface area contributed by atoms with E-state index in [-0.39, 0.29) is 5.91 Å². The lowest BCUT2D eigenvalue weighted by molar-refractivity contribution is -0.131. The maximum Gasteiger partial charge on any atom is 0.236 e. The molecule has 1 aliphatic heterocycles. The van der Waals surface area contributed by atoms with Gasteiger partial charge in [0.05, 0.1) is 10.3 Å². The Labute approximate surface area is 120 Å². The molecule has 1 aliphatic rings. The van der Waals surface area contributed by atoms with Crippen LogP contribution < -0.4 is 5.32 Å². The number of piperazine rings is 1. The molecule has 0 spiro atoms. The first-order valence-corrected chi connectivity index (χ1v) is 7.69. The van der Waals surface area contributed by atoms with Gasteiger partial charge in [-0.25, -0.2) is 0 Å². The van der Waals surface area contributed by atoms with Crippen molar-refractivity contribution in [3.8, 4) is 0 Å². The summed E-state index contributed by atoms with van der Waals surface area (Å²) in [5.74, 6) is 0.205. The van der Waals surface area contributed by atoms with Crippen LogP contribution in [0.5, 0.6) is 0 Å². The highest BCUT2D eigenvalue weighted by molar-refractivity contribution is 9.11. The van der Waals surface area contributed by atoms with Crippen LogP contribution in [0.15, 0.2) is 15.9 Å². The monoisotopic (exact) mass is 331 g/mol. The van der Waals surface area contributed by atoms with E-state index in [2.05, 4.69) is 38.3 Å². The van der Waals surface area contributed by atoms with Crippen LogP contribution in [0.4, 0.5) is 0 Å². The Morgan fingerprint density at radius 2 is 2.11 bits per heavy atom. The molecule has 1 aromatic rings. The Kier molecular flexibility index (Phi) is 5.17. The second kappa shape index (κ2) is 6.65. The quantitative estimate of drug-likeness (QED) is 0.905. The van der Waals surface area contributed by atoms with Gasteiger partial charge in [-0.05, 0) is 35.1 Å². The highest BCUT2D eigenvalue weighted by Crippen LogP contribution is 2.23. The fourth-order valence-electron chi connectivity index (χ4n) is 2.08. The van der Waals surface area contributed by atoms with Crippen molar-refractivity contribution < 1.29 is 4.79 Å². The number of rotatable bonds is 4. The molecule has 6 heteroatoms. The van der Waals surface area contributed by atoms with Crippen LogP contribution in [0, 0.1) is 0 Å². The molecule has 4 nitrogen and oxygen atoms in total. The number of halogens is 1. The van der Waals surface area contributed by atoms with E-state index < -0.39 is 0 Å². The third-order valence-corrected chi connectivity index (χ3v) is 4.67. The average Bonchev–Trinajstić information content (AvgIpc) is 2.76. The van der Waals surface area contributed by atoms with Gasteiger partial charge in [0.15, 0.2) is 0 Å². The lowest BCUT2D eigenvalue weighted by Gasteiger charge is -2.34. The predicted octanol–water partition coefficient (Wildman–Crippen LogP) is 1.37. The van der Waals surface area contributed by atoms with Crippen molar-refractivity contribution in [2.45, 2.75) is 6.54 Å². The topological polar surface area (TPSA) is 35.6 Å². The Morgan fingerprint density at radius 3 is 2.67 bits per heavy atom. The Morgan fingerprint density at radius 1 is 1.39 bits per heavy atom. The third kappa shape index (κ3) is 3.78. The minimum absolute atomic E-state index is 0.205. The molecule has 0 radical (unpaired) electrons. The van der Waals surface area contributed by atoms with E-state index >= 15 is 0 Å². The zero-order valence-electron chi connectivity index (χ0n) is 10.5. The van der Waals surface area contributed by atoms with Crippen molar-refractivity contribution in [1.29, 1.82) is 0 Å². The van der Waals surface area contributed by atoms with Gasteiger partial charge in [0, 0.05) is 37.6 Å². The van der Waals surface area contributed by atoms with Gasteiger partial charge in [0.25, 0.3) is 0 Å². The first kappa shape index (κ1) is 14.0. The lowest BCUT2D eigenvalue weighted by Crippen LogP contribution is -2.50. The minimum Gasteiger partial charge on any atom is -0.339 e. The summed E-state index contributed by atoms with van der Waals surface area (Å²) in [5, 5.41) is 2.91. The average molecular weight is 332 g/mol. The molecular formula is C12H18BrN3OS. The number of carbonyl (C=O) groups is 1. The summed E-state index contributed by atoms with van der Waals surface area (Å²) >= 11 is 5.26. The lowest BCUT2D eigenvalue weighted by atomic mass is 10.3. The number of amides is 1. The Bertz CT molecular complexity index is 402. The van der Waals surface area contributed by atoms with Crippen LogP contribution in [0.2, 0.25) is 0 Å². The van der Waals surface area contributed by atoms with Crippen molar-refractivity contribution >= 4 is 33.2 Å². The van der Waals surface area contributed by atoms with E-state index in [9.17, 15) is 4.79 Å². The van der Waals surface area contributed by atoms with Crippen LogP contribution in [-0.2, 0) is 11.3 Å². The van der Waals surface area contributed by atoms with Gasteiger partial charge in [-0.2, -0.15) is 0 Å². The molecule has 0 atom stereocenters. The van der Waals surface area contributed by atoms with Gasteiger partial charge in [-0.1, -0.05) is 0 Å². The molecule has 0 aromatic carbocycles. The molecule has 1 aromatic heterocycles. The van der Waals surface area contributed by atoms with Gasteiger partial charge >= 0.3 is 0 Å². The van der Waals surface area contributed by atoms with E-state index in [0.717, 1.165) is 32.7 Å². The van der Waals surface area contributed by atoms with Crippen molar-refractivity contribution in [2.75, 3.05) is 39.8 Å². The zero-order valence-corrected chi connectivity index (χ0v) is 12.9. The molecule has 0 aliphatic carbocycles. The van der Waals surface area contributed by atoms with Crippen LogP contribution in [0.3, 0.4) is 0 Å². The smallest absolute Gasteiger partial charge is 0.236 e. The molecule has 1 saturated heterocycles. The number of carbonyl (C=O) groups excluding carboxylic acids is 1. The summed E-state index contributed by atoms with van der Waals surface area (Å²) < 4.78 is 1.18. The Balaban J connectivity index is 1.78. The fourth-order valence-corrected chi connectivity index (χ4v) is 3.60. The number of likely N-dealkylation sites (N-methyl/N-ethyl adjacent to an activating group) is 1. The van der Waals surface area contributed by atoms with Gasteiger partial charge in [0.2, 0.25) is 5.91 Å². The van der Waals surface area contributed by atoms with E-state index in [1.54, 1.807) is 11.3 Å². The molecule has 0 bridgehead atoms. The number of nitrogens with one attached hydrogen (secondary N) is 1. The highest BCUT2D eigenvalue weighted by Gasteiger charge is 2.20. The van der Waals surface area contributed by atoms with E-state index in [1.807, 2.05) is 11.9 Å². The SMILES string of the molecule is CNCC(=O)N1CCN(Cc2ccc(Br)s2)CC1. The van der Waals surface area contributed by atoms with Gasteiger partial charge < -0.3 is 10.2 Å².